The molecule has 100 valence electrons. The van der Waals surface area contributed by atoms with E-state index < -0.39 is 15.8 Å². The van der Waals surface area contributed by atoms with Crippen molar-refractivity contribution in [3.05, 3.63) is 59.9 Å². The second-order valence-corrected chi connectivity index (χ2v) is 5.60. The van der Waals surface area contributed by atoms with Crippen molar-refractivity contribution in [3.8, 4) is 0 Å². The van der Waals surface area contributed by atoms with Crippen LogP contribution in [0, 0.1) is 5.82 Å². The van der Waals surface area contributed by atoms with Gasteiger partial charge in [0.1, 0.15) is 5.82 Å². The molecule has 19 heavy (non-hydrogen) atoms. The van der Waals surface area contributed by atoms with E-state index in [1.54, 1.807) is 12.1 Å². The van der Waals surface area contributed by atoms with Crippen LogP contribution < -0.4 is 4.72 Å². The molecule has 0 saturated carbocycles. The van der Waals surface area contributed by atoms with Gasteiger partial charge in [-0.15, -0.1) is 0 Å². The Kier molecular flexibility index (Phi) is 3.82. The Balaban J connectivity index is 2.29. The number of nitrogens with one attached hydrogen (secondary N) is 1. The van der Waals surface area contributed by atoms with Gasteiger partial charge in [0, 0.05) is 5.69 Å². The lowest BCUT2D eigenvalue weighted by Gasteiger charge is -2.08. The van der Waals surface area contributed by atoms with E-state index in [0.717, 1.165) is 0 Å². The summed E-state index contributed by atoms with van der Waals surface area (Å²) in [6.45, 7) is -0.236. The van der Waals surface area contributed by atoms with Gasteiger partial charge in [0.25, 0.3) is 10.0 Å². The minimum Gasteiger partial charge on any atom is -0.392 e. The molecule has 0 atom stereocenters. The molecule has 0 aromatic heterocycles. The second-order valence-electron chi connectivity index (χ2n) is 3.92. The maximum atomic E-state index is 12.7. The Labute approximate surface area is 110 Å². The summed E-state index contributed by atoms with van der Waals surface area (Å²) >= 11 is 0. The number of sulfonamides is 1. The van der Waals surface area contributed by atoms with Crippen LogP contribution in [0.25, 0.3) is 0 Å². The van der Waals surface area contributed by atoms with E-state index in [2.05, 4.69) is 4.72 Å². The van der Waals surface area contributed by atoms with Crippen molar-refractivity contribution >= 4 is 15.7 Å². The Morgan fingerprint density at radius 1 is 1.11 bits per heavy atom. The van der Waals surface area contributed by atoms with Crippen LogP contribution in [0.5, 0.6) is 0 Å². The molecule has 0 amide bonds. The van der Waals surface area contributed by atoms with Crippen molar-refractivity contribution in [1.29, 1.82) is 0 Å². The molecule has 0 saturated heterocycles. The lowest BCUT2D eigenvalue weighted by molar-refractivity contribution is 0.281. The summed E-state index contributed by atoms with van der Waals surface area (Å²) < 4.78 is 39.2. The number of hydrogen-bond donors (Lipinski definition) is 2. The normalized spacial score (nSPS) is 11.3. The predicted octanol–water partition coefficient (Wildman–Crippen LogP) is 2.12. The minimum atomic E-state index is -3.74. The third-order valence-corrected chi connectivity index (χ3v) is 3.87. The minimum absolute atomic E-state index is 0.0448. The largest absolute Gasteiger partial charge is 0.392 e. The lowest BCUT2D eigenvalue weighted by Crippen LogP contribution is -2.13. The lowest BCUT2D eigenvalue weighted by atomic mass is 10.2. The molecule has 4 nitrogen and oxygen atoms in total. The van der Waals surface area contributed by atoms with Gasteiger partial charge in [-0.1, -0.05) is 12.1 Å². The van der Waals surface area contributed by atoms with Crippen molar-refractivity contribution < 1.29 is 17.9 Å². The molecule has 0 heterocycles. The summed E-state index contributed by atoms with van der Waals surface area (Å²) in [4.78, 5) is 0.0448. The third kappa shape index (κ3) is 3.30. The Morgan fingerprint density at radius 2 is 1.79 bits per heavy atom. The van der Waals surface area contributed by atoms with E-state index in [-0.39, 0.29) is 17.2 Å². The summed E-state index contributed by atoms with van der Waals surface area (Å²) in [5.74, 6) is -0.440. The molecule has 0 aliphatic heterocycles. The zero-order chi connectivity index (χ0) is 13.9. The zero-order valence-electron chi connectivity index (χ0n) is 9.88. The SMILES string of the molecule is O=S(=O)(Nc1ccc(F)cc1)c1cccc(CO)c1. The van der Waals surface area contributed by atoms with E-state index in [0.29, 0.717) is 5.56 Å². The van der Waals surface area contributed by atoms with Crippen LogP contribution in [0.2, 0.25) is 0 Å². The first-order chi connectivity index (χ1) is 9.01. The first-order valence-electron chi connectivity index (χ1n) is 5.49. The smallest absolute Gasteiger partial charge is 0.261 e. The van der Waals surface area contributed by atoms with Crippen molar-refractivity contribution in [1.82, 2.24) is 0 Å². The molecule has 0 bridgehead atoms. The van der Waals surface area contributed by atoms with Gasteiger partial charge >= 0.3 is 0 Å². The van der Waals surface area contributed by atoms with Crippen LogP contribution in [0.1, 0.15) is 5.56 Å². The topological polar surface area (TPSA) is 66.4 Å². The summed E-state index contributed by atoms with van der Waals surface area (Å²) in [5.41, 5.74) is 0.776. The molecule has 0 radical (unpaired) electrons. The molecular formula is C13H12FNO3S. The van der Waals surface area contributed by atoms with Gasteiger partial charge in [-0.05, 0) is 42.0 Å². The third-order valence-electron chi connectivity index (χ3n) is 2.49. The molecule has 0 fully saturated rings. The van der Waals surface area contributed by atoms with E-state index in [1.165, 1.54) is 36.4 Å². The van der Waals surface area contributed by atoms with Gasteiger partial charge in [0.15, 0.2) is 0 Å². The number of aliphatic hydroxyl groups is 1. The molecule has 0 spiro atoms. The molecule has 0 unspecified atom stereocenters. The van der Waals surface area contributed by atoms with E-state index in [1.807, 2.05) is 0 Å². The highest BCUT2D eigenvalue weighted by Gasteiger charge is 2.14. The van der Waals surface area contributed by atoms with Crippen molar-refractivity contribution in [2.24, 2.45) is 0 Å². The predicted molar refractivity (Wildman–Crippen MR) is 69.6 cm³/mol. The fourth-order valence-electron chi connectivity index (χ4n) is 1.54. The maximum Gasteiger partial charge on any atom is 0.261 e. The van der Waals surface area contributed by atoms with Gasteiger partial charge in [0.2, 0.25) is 0 Å². The van der Waals surface area contributed by atoms with E-state index in [4.69, 9.17) is 5.11 Å². The van der Waals surface area contributed by atoms with Gasteiger partial charge in [-0.25, -0.2) is 12.8 Å². The average Bonchev–Trinajstić information content (AvgIpc) is 2.41. The summed E-state index contributed by atoms with van der Waals surface area (Å²) in [7, 11) is -3.74. The maximum absolute atomic E-state index is 12.7. The average molecular weight is 281 g/mol. The number of hydrogen-bond acceptors (Lipinski definition) is 3. The van der Waals surface area contributed by atoms with E-state index in [9.17, 15) is 12.8 Å². The molecule has 2 aromatic carbocycles. The Bertz CT molecular complexity index is 669. The van der Waals surface area contributed by atoms with Crippen LogP contribution in [0.15, 0.2) is 53.4 Å². The summed E-state index contributed by atoms with van der Waals surface area (Å²) in [5, 5.41) is 8.99. The van der Waals surface area contributed by atoms with Gasteiger partial charge < -0.3 is 5.11 Å². The first-order valence-corrected chi connectivity index (χ1v) is 6.98. The van der Waals surface area contributed by atoms with Crippen LogP contribution in [0.3, 0.4) is 0 Å². The number of benzene rings is 2. The molecule has 6 heteroatoms. The standard InChI is InChI=1S/C13H12FNO3S/c14-11-4-6-12(7-5-11)15-19(17,18)13-3-1-2-10(8-13)9-16/h1-8,15-16H,9H2. The Hall–Kier alpha value is -1.92. The van der Waals surface area contributed by atoms with Gasteiger partial charge in [-0.2, -0.15) is 0 Å². The number of rotatable bonds is 4. The van der Waals surface area contributed by atoms with Gasteiger partial charge in [-0.3, -0.25) is 4.72 Å². The summed E-state index contributed by atoms with van der Waals surface area (Å²) in [6, 6.07) is 11.0. The number of anilines is 1. The van der Waals surface area contributed by atoms with Crippen LogP contribution >= 0.6 is 0 Å². The first kappa shape index (κ1) is 13.5. The zero-order valence-corrected chi connectivity index (χ0v) is 10.7. The number of aliphatic hydroxyl groups excluding tert-OH is 1. The highest BCUT2D eigenvalue weighted by atomic mass is 32.2. The monoisotopic (exact) mass is 281 g/mol. The van der Waals surface area contributed by atoms with Gasteiger partial charge in [0.05, 0.1) is 11.5 Å². The van der Waals surface area contributed by atoms with Crippen LogP contribution in [-0.4, -0.2) is 13.5 Å². The van der Waals surface area contributed by atoms with Crippen LogP contribution in [0.4, 0.5) is 10.1 Å². The highest BCUT2D eigenvalue weighted by Crippen LogP contribution is 2.17. The molecule has 2 aromatic rings. The van der Waals surface area contributed by atoms with Crippen molar-refractivity contribution in [3.63, 3.8) is 0 Å². The summed E-state index contributed by atoms with van der Waals surface area (Å²) in [6.07, 6.45) is 0. The molecule has 2 N–H and O–H groups in total. The molecule has 0 aliphatic carbocycles. The second kappa shape index (κ2) is 5.38. The number of halogens is 1. The van der Waals surface area contributed by atoms with E-state index >= 15 is 0 Å². The van der Waals surface area contributed by atoms with Crippen molar-refractivity contribution in [2.45, 2.75) is 11.5 Å². The highest BCUT2D eigenvalue weighted by molar-refractivity contribution is 7.92. The molecular weight excluding hydrogens is 269 g/mol. The fourth-order valence-corrected chi connectivity index (χ4v) is 2.67. The Morgan fingerprint density at radius 3 is 2.42 bits per heavy atom. The van der Waals surface area contributed by atoms with Crippen LogP contribution in [-0.2, 0) is 16.6 Å². The molecule has 0 aliphatic rings. The van der Waals surface area contributed by atoms with Crippen molar-refractivity contribution in [2.75, 3.05) is 4.72 Å². The molecule has 2 rings (SSSR count). The quantitative estimate of drug-likeness (QED) is 0.902. The fraction of sp³-hybridized carbons (Fsp3) is 0.0769.